The fourth-order valence-corrected chi connectivity index (χ4v) is 1.78. The summed E-state index contributed by atoms with van der Waals surface area (Å²) in [5.74, 6) is -0.131. The topological polar surface area (TPSA) is 40.6 Å². The molecule has 0 aromatic heterocycles. The molecule has 4 heteroatoms. The van der Waals surface area contributed by atoms with Crippen molar-refractivity contribution >= 4 is 11.8 Å². The predicted molar refractivity (Wildman–Crippen MR) is 83.3 cm³/mol. The van der Waals surface area contributed by atoms with Gasteiger partial charge in [0.15, 0.2) is 0 Å². The van der Waals surface area contributed by atoms with E-state index in [2.05, 4.69) is 13.2 Å². The second kappa shape index (κ2) is 11.0. The monoisotopic (exact) mass is 278 g/mol. The summed E-state index contributed by atoms with van der Waals surface area (Å²) >= 11 is 0. The van der Waals surface area contributed by atoms with E-state index >= 15 is 0 Å². The molecule has 0 heterocycles. The minimum absolute atomic E-state index is 0.0657. The molecule has 112 valence electrons. The molecule has 0 radical (unpaired) electrons. The van der Waals surface area contributed by atoms with Crippen LogP contribution in [0.1, 0.15) is 26.7 Å². The lowest BCUT2D eigenvalue weighted by Crippen LogP contribution is -2.31. The van der Waals surface area contributed by atoms with Gasteiger partial charge in [0, 0.05) is 26.2 Å². The van der Waals surface area contributed by atoms with Crippen molar-refractivity contribution in [2.75, 3.05) is 26.2 Å². The Bertz CT molecular complexity index is 327. The molecule has 0 aliphatic carbocycles. The molecule has 0 saturated heterocycles. The van der Waals surface area contributed by atoms with Gasteiger partial charge in [-0.3, -0.25) is 9.59 Å². The van der Waals surface area contributed by atoms with Gasteiger partial charge in [-0.25, -0.2) is 0 Å². The highest BCUT2D eigenvalue weighted by Gasteiger charge is 2.08. The van der Waals surface area contributed by atoms with Crippen LogP contribution in [0.3, 0.4) is 0 Å². The van der Waals surface area contributed by atoms with Crippen molar-refractivity contribution in [3.05, 3.63) is 37.5 Å². The van der Waals surface area contributed by atoms with Crippen LogP contribution in [0.4, 0.5) is 0 Å². The van der Waals surface area contributed by atoms with Crippen LogP contribution in [0.25, 0.3) is 0 Å². The molecule has 0 rings (SSSR count). The van der Waals surface area contributed by atoms with E-state index in [0.717, 1.165) is 12.8 Å². The van der Waals surface area contributed by atoms with Gasteiger partial charge in [-0.1, -0.05) is 39.2 Å². The van der Waals surface area contributed by atoms with Gasteiger partial charge in [0.25, 0.3) is 0 Å². The summed E-state index contributed by atoms with van der Waals surface area (Å²) in [6.07, 6.45) is 8.29. The van der Waals surface area contributed by atoms with Crippen LogP contribution in [0.15, 0.2) is 37.5 Å². The molecule has 0 saturated carbocycles. The Labute approximate surface area is 122 Å². The van der Waals surface area contributed by atoms with Gasteiger partial charge >= 0.3 is 0 Å². The lowest BCUT2D eigenvalue weighted by atomic mass is 10.3. The fourth-order valence-electron chi connectivity index (χ4n) is 1.78. The number of carbonyl (C=O) groups is 2. The smallest absolute Gasteiger partial charge is 0.246 e. The molecular weight excluding hydrogens is 252 g/mol. The van der Waals surface area contributed by atoms with E-state index < -0.39 is 0 Å². The maximum atomic E-state index is 11.6. The van der Waals surface area contributed by atoms with Crippen LogP contribution in [0.2, 0.25) is 0 Å². The third-order valence-electron chi connectivity index (χ3n) is 2.78. The standard InChI is InChI=1S/C16H26N2O2/c1-5-11-17(15(19)7-3)13-9-10-14-18(12-6-2)16(20)8-4/h7-10H,3-6,11-14H2,1-2H3/b10-9+. The van der Waals surface area contributed by atoms with Crippen molar-refractivity contribution in [2.24, 2.45) is 0 Å². The molecule has 4 nitrogen and oxygen atoms in total. The van der Waals surface area contributed by atoms with Crippen molar-refractivity contribution < 1.29 is 9.59 Å². The van der Waals surface area contributed by atoms with E-state index in [1.807, 2.05) is 26.0 Å². The Hall–Kier alpha value is -1.84. The zero-order valence-electron chi connectivity index (χ0n) is 12.7. The molecule has 0 aromatic carbocycles. The molecule has 0 atom stereocenters. The lowest BCUT2D eigenvalue weighted by Gasteiger charge is -2.20. The summed E-state index contributed by atoms with van der Waals surface area (Å²) in [6.45, 7) is 13.6. The Balaban J connectivity index is 4.38. The summed E-state index contributed by atoms with van der Waals surface area (Å²) in [4.78, 5) is 26.6. The zero-order chi connectivity index (χ0) is 15.4. The molecule has 0 fully saturated rings. The number of hydrogen-bond donors (Lipinski definition) is 0. The van der Waals surface area contributed by atoms with Gasteiger partial charge in [-0.05, 0) is 25.0 Å². The minimum atomic E-state index is -0.0657. The molecular formula is C16H26N2O2. The van der Waals surface area contributed by atoms with E-state index in [-0.39, 0.29) is 11.8 Å². The minimum Gasteiger partial charge on any atom is -0.335 e. The number of amides is 2. The number of carbonyl (C=O) groups excluding carboxylic acids is 2. The van der Waals surface area contributed by atoms with E-state index in [0.29, 0.717) is 26.2 Å². The first kappa shape index (κ1) is 18.2. The van der Waals surface area contributed by atoms with Crippen LogP contribution in [-0.2, 0) is 9.59 Å². The second-order valence-electron chi connectivity index (χ2n) is 4.45. The summed E-state index contributed by atoms with van der Waals surface area (Å²) in [5.41, 5.74) is 0. The largest absolute Gasteiger partial charge is 0.335 e. The van der Waals surface area contributed by atoms with Gasteiger partial charge in [0.05, 0.1) is 0 Å². The van der Waals surface area contributed by atoms with Gasteiger partial charge in [-0.15, -0.1) is 0 Å². The van der Waals surface area contributed by atoms with Crippen molar-refractivity contribution in [3.8, 4) is 0 Å². The third-order valence-corrected chi connectivity index (χ3v) is 2.78. The Morgan fingerprint density at radius 2 is 1.20 bits per heavy atom. The highest BCUT2D eigenvalue weighted by molar-refractivity contribution is 5.87. The fraction of sp³-hybridized carbons (Fsp3) is 0.500. The summed E-state index contributed by atoms with van der Waals surface area (Å²) in [5, 5.41) is 0. The quantitative estimate of drug-likeness (QED) is 0.455. The third kappa shape index (κ3) is 6.92. The van der Waals surface area contributed by atoms with Crippen LogP contribution < -0.4 is 0 Å². The summed E-state index contributed by atoms with van der Waals surface area (Å²) in [7, 11) is 0. The SMILES string of the molecule is C=CC(=O)N(C/C=C/CN(CCC)C(=O)C=C)CCC. The van der Waals surface area contributed by atoms with Crippen LogP contribution in [0.5, 0.6) is 0 Å². The van der Waals surface area contributed by atoms with Gasteiger partial charge in [-0.2, -0.15) is 0 Å². The maximum absolute atomic E-state index is 11.6. The number of hydrogen-bond acceptors (Lipinski definition) is 2. The van der Waals surface area contributed by atoms with Crippen molar-refractivity contribution in [1.82, 2.24) is 9.80 Å². The highest BCUT2D eigenvalue weighted by Crippen LogP contribution is 1.97. The average molecular weight is 278 g/mol. The molecule has 0 unspecified atom stereocenters. The van der Waals surface area contributed by atoms with Gasteiger partial charge in [0.2, 0.25) is 11.8 Å². The summed E-state index contributed by atoms with van der Waals surface area (Å²) < 4.78 is 0. The molecule has 2 amide bonds. The molecule has 0 N–H and O–H groups in total. The Kier molecular flexibility index (Phi) is 10.0. The normalized spacial score (nSPS) is 10.3. The number of rotatable bonds is 10. The van der Waals surface area contributed by atoms with Crippen molar-refractivity contribution in [2.45, 2.75) is 26.7 Å². The molecule has 0 aliphatic heterocycles. The van der Waals surface area contributed by atoms with Gasteiger partial charge < -0.3 is 9.80 Å². The Morgan fingerprint density at radius 3 is 1.45 bits per heavy atom. The molecule has 0 aliphatic rings. The van der Waals surface area contributed by atoms with E-state index in [1.54, 1.807) is 9.80 Å². The molecule has 0 aromatic rings. The molecule has 0 bridgehead atoms. The van der Waals surface area contributed by atoms with Crippen LogP contribution in [-0.4, -0.2) is 47.8 Å². The first-order chi connectivity index (χ1) is 9.60. The number of nitrogens with zero attached hydrogens (tertiary/aromatic N) is 2. The second-order valence-corrected chi connectivity index (χ2v) is 4.45. The van der Waals surface area contributed by atoms with E-state index in [9.17, 15) is 9.59 Å². The Morgan fingerprint density at radius 1 is 0.850 bits per heavy atom. The lowest BCUT2D eigenvalue weighted by molar-refractivity contribution is -0.126. The summed E-state index contributed by atoms with van der Waals surface area (Å²) in [6, 6.07) is 0. The van der Waals surface area contributed by atoms with Crippen molar-refractivity contribution in [3.63, 3.8) is 0 Å². The zero-order valence-corrected chi connectivity index (χ0v) is 12.7. The molecule has 0 spiro atoms. The highest BCUT2D eigenvalue weighted by atomic mass is 16.2. The van der Waals surface area contributed by atoms with Crippen LogP contribution in [0, 0.1) is 0 Å². The van der Waals surface area contributed by atoms with Gasteiger partial charge in [0.1, 0.15) is 0 Å². The van der Waals surface area contributed by atoms with E-state index in [1.165, 1.54) is 12.2 Å². The molecule has 20 heavy (non-hydrogen) atoms. The predicted octanol–water partition coefficient (Wildman–Crippen LogP) is 2.39. The van der Waals surface area contributed by atoms with Crippen molar-refractivity contribution in [1.29, 1.82) is 0 Å². The van der Waals surface area contributed by atoms with Crippen LogP contribution >= 0.6 is 0 Å². The first-order valence-electron chi connectivity index (χ1n) is 7.08. The van der Waals surface area contributed by atoms with E-state index in [4.69, 9.17) is 0 Å². The maximum Gasteiger partial charge on any atom is 0.246 e. The first-order valence-corrected chi connectivity index (χ1v) is 7.08. The average Bonchev–Trinajstić information content (AvgIpc) is 2.47.